The van der Waals surface area contributed by atoms with Crippen molar-refractivity contribution in [3.8, 4) is 0 Å². The molecule has 1 amide bonds. The van der Waals surface area contributed by atoms with Crippen LogP contribution in [0.4, 0.5) is 5.69 Å². The quantitative estimate of drug-likeness (QED) is 0.821. The average molecular weight is 397 g/mol. The summed E-state index contributed by atoms with van der Waals surface area (Å²) in [5.74, 6) is 0.579. The summed E-state index contributed by atoms with van der Waals surface area (Å²) in [5.41, 5.74) is 6.31. The van der Waals surface area contributed by atoms with E-state index in [0.717, 1.165) is 36.9 Å². The lowest BCUT2D eigenvalue weighted by molar-refractivity contribution is -0.117. The molecule has 1 aromatic rings. The van der Waals surface area contributed by atoms with Gasteiger partial charge in [-0.05, 0) is 56.6 Å². The zero-order chi connectivity index (χ0) is 14.5. The Bertz CT molecular complexity index is 479. The number of amides is 1. The molecule has 1 aromatic carbocycles. The number of hydrogen-bond donors (Lipinski definition) is 2. The Hall–Kier alpha value is -0.330. The van der Waals surface area contributed by atoms with Crippen molar-refractivity contribution in [1.82, 2.24) is 4.90 Å². The summed E-state index contributed by atoms with van der Waals surface area (Å²) in [6, 6.07) is 5.42. The van der Waals surface area contributed by atoms with Gasteiger partial charge in [0.1, 0.15) is 0 Å². The molecule has 1 aliphatic heterocycles. The Balaban J connectivity index is 0.00000220. The van der Waals surface area contributed by atoms with Gasteiger partial charge in [-0.1, -0.05) is 27.5 Å². The van der Waals surface area contributed by atoms with Crippen molar-refractivity contribution < 1.29 is 4.79 Å². The maximum absolute atomic E-state index is 12.0. The minimum atomic E-state index is -0.0274. The molecule has 0 radical (unpaired) electrons. The van der Waals surface area contributed by atoms with Gasteiger partial charge in [-0.15, -0.1) is 12.4 Å². The predicted molar refractivity (Wildman–Crippen MR) is 93.2 cm³/mol. The Morgan fingerprint density at radius 2 is 2.10 bits per heavy atom. The molecule has 1 heterocycles. The van der Waals surface area contributed by atoms with E-state index in [-0.39, 0.29) is 18.3 Å². The van der Waals surface area contributed by atoms with Crippen LogP contribution in [0.3, 0.4) is 0 Å². The monoisotopic (exact) mass is 395 g/mol. The number of anilines is 1. The molecule has 4 nitrogen and oxygen atoms in total. The lowest BCUT2D eigenvalue weighted by atomic mass is 9.97. The van der Waals surface area contributed by atoms with E-state index >= 15 is 0 Å². The van der Waals surface area contributed by atoms with Gasteiger partial charge >= 0.3 is 0 Å². The van der Waals surface area contributed by atoms with E-state index in [4.69, 9.17) is 17.3 Å². The highest BCUT2D eigenvalue weighted by Gasteiger charge is 2.20. The Kier molecular flexibility index (Phi) is 7.98. The number of piperidine rings is 1. The largest absolute Gasteiger partial charge is 0.330 e. The number of carbonyl (C=O) groups excluding carboxylic acids is 1. The second-order valence-corrected chi connectivity index (χ2v) is 6.45. The van der Waals surface area contributed by atoms with E-state index in [2.05, 4.69) is 26.1 Å². The first kappa shape index (κ1) is 18.7. The van der Waals surface area contributed by atoms with Crippen LogP contribution in [0.5, 0.6) is 0 Å². The molecule has 0 spiro atoms. The minimum Gasteiger partial charge on any atom is -0.330 e. The predicted octanol–water partition coefficient (Wildman–Crippen LogP) is 3.13. The van der Waals surface area contributed by atoms with Gasteiger partial charge in [-0.25, -0.2) is 0 Å². The molecule has 1 saturated heterocycles. The maximum atomic E-state index is 12.0. The van der Waals surface area contributed by atoms with Crippen LogP contribution in [0, 0.1) is 5.92 Å². The van der Waals surface area contributed by atoms with Crippen LogP contribution in [0.2, 0.25) is 5.02 Å². The molecule has 21 heavy (non-hydrogen) atoms. The first-order chi connectivity index (χ1) is 9.58. The lowest BCUT2D eigenvalue weighted by Gasteiger charge is -2.30. The van der Waals surface area contributed by atoms with Crippen molar-refractivity contribution in [3.63, 3.8) is 0 Å². The summed E-state index contributed by atoms with van der Waals surface area (Å²) in [7, 11) is 0. The summed E-state index contributed by atoms with van der Waals surface area (Å²) in [6.45, 7) is 3.02. The van der Waals surface area contributed by atoms with E-state index in [1.165, 1.54) is 0 Å². The second kappa shape index (κ2) is 8.96. The summed E-state index contributed by atoms with van der Waals surface area (Å²) in [5, 5.41) is 3.39. The minimum absolute atomic E-state index is 0. The fourth-order valence-electron chi connectivity index (χ4n) is 2.36. The molecular formula is C14H20BrCl2N3O. The zero-order valence-corrected chi connectivity index (χ0v) is 14.8. The van der Waals surface area contributed by atoms with E-state index in [9.17, 15) is 4.79 Å². The molecule has 0 aliphatic carbocycles. The fourth-order valence-corrected chi connectivity index (χ4v) is 3.08. The van der Waals surface area contributed by atoms with Crippen LogP contribution >= 0.6 is 39.9 Å². The molecule has 118 valence electrons. The molecule has 1 fully saturated rings. The Labute approximate surface area is 144 Å². The van der Waals surface area contributed by atoms with Gasteiger partial charge in [0.15, 0.2) is 0 Å². The van der Waals surface area contributed by atoms with Crippen molar-refractivity contribution in [3.05, 3.63) is 27.7 Å². The van der Waals surface area contributed by atoms with E-state index in [1.54, 1.807) is 12.1 Å². The van der Waals surface area contributed by atoms with Gasteiger partial charge in [0.2, 0.25) is 5.91 Å². The standard InChI is InChI=1S/C14H19BrClN3O.ClH/c15-11-1-2-13(12(16)7-11)18-14(20)9-19-5-3-10(8-17)4-6-19;/h1-2,7,10H,3-6,8-9,17H2,(H,18,20);1H. The summed E-state index contributed by atoms with van der Waals surface area (Å²) >= 11 is 9.42. The van der Waals surface area contributed by atoms with Gasteiger partial charge in [0.05, 0.1) is 17.3 Å². The van der Waals surface area contributed by atoms with E-state index < -0.39 is 0 Å². The number of nitrogens with zero attached hydrogens (tertiary/aromatic N) is 1. The summed E-state index contributed by atoms with van der Waals surface area (Å²) in [6.07, 6.45) is 2.14. The van der Waals surface area contributed by atoms with Crippen molar-refractivity contribution >= 4 is 51.5 Å². The summed E-state index contributed by atoms with van der Waals surface area (Å²) in [4.78, 5) is 14.2. The third-order valence-electron chi connectivity index (χ3n) is 3.61. The Morgan fingerprint density at radius 3 is 2.67 bits per heavy atom. The number of nitrogens with one attached hydrogen (secondary N) is 1. The number of nitrogens with two attached hydrogens (primary N) is 1. The van der Waals surface area contributed by atoms with Gasteiger partial charge in [-0.3, -0.25) is 9.69 Å². The van der Waals surface area contributed by atoms with Crippen LogP contribution in [-0.4, -0.2) is 37.0 Å². The third kappa shape index (κ3) is 5.75. The highest BCUT2D eigenvalue weighted by atomic mass is 79.9. The summed E-state index contributed by atoms with van der Waals surface area (Å²) < 4.78 is 0.893. The molecule has 0 bridgehead atoms. The topological polar surface area (TPSA) is 58.4 Å². The highest BCUT2D eigenvalue weighted by Crippen LogP contribution is 2.25. The van der Waals surface area contributed by atoms with Crippen molar-refractivity contribution in [2.24, 2.45) is 11.7 Å². The second-order valence-electron chi connectivity index (χ2n) is 5.13. The van der Waals surface area contributed by atoms with Crippen LogP contribution in [0.1, 0.15) is 12.8 Å². The average Bonchev–Trinajstić information content (AvgIpc) is 2.43. The molecule has 0 atom stereocenters. The molecule has 3 N–H and O–H groups in total. The number of benzene rings is 1. The van der Waals surface area contributed by atoms with Crippen LogP contribution in [-0.2, 0) is 4.79 Å². The molecule has 7 heteroatoms. The van der Waals surface area contributed by atoms with Gasteiger partial charge in [0.25, 0.3) is 0 Å². The van der Waals surface area contributed by atoms with E-state index in [0.29, 0.717) is 23.2 Å². The van der Waals surface area contributed by atoms with Gasteiger partial charge < -0.3 is 11.1 Å². The Morgan fingerprint density at radius 1 is 1.43 bits per heavy atom. The molecule has 0 unspecified atom stereocenters. The first-order valence-corrected chi connectivity index (χ1v) is 7.93. The normalized spacial score (nSPS) is 16.3. The number of halogens is 3. The van der Waals surface area contributed by atoms with Crippen molar-refractivity contribution in [1.29, 1.82) is 0 Å². The fraction of sp³-hybridized carbons (Fsp3) is 0.500. The highest BCUT2D eigenvalue weighted by molar-refractivity contribution is 9.10. The number of carbonyl (C=O) groups is 1. The number of rotatable bonds is 4. The SMILES string of the molecule is Cl.NCC1CCN(CC(=O)Nc2ccc(Br)cc2Cl)CC1. The van der Waals surface area contributed by atoms with Gasteiger partial charge in [-0.2, -0.15) is 0 Å². The first-order valence-electron chi connectivity index (χ1n) is 6.76. The van der Waals surface area contributed by atoms with Crippen LogP contribution < -0.4 is 11.1 Å². The third-order valence-corrected chi connectivity index (χ3v) is 4.42. The van der Waals surface area contributed by atoms with Crippen molar-refractivity contribution in [2.75, 3.05) is 31.5 Å². The van der Waals surface area contributed by atoms with Crippen LogP contribution in [0.15, 0.2) is 22.7 Å². The van der Waals surface area contributed by atoms with Crippen LogP contribution in [0.25, 0.3) is 0 Å². The van der Waals surface area contributed by atoms with E-state index in [1.807, 2.05) is 6.07 Å². The number of hydrogen-bond acceptors (Lipinski definition) is 3. The lowest BCUT2D eigenvalue weighted by Crippen LogP contribution is -2.40. The molecular weight excluding hydrogens is 377 g/mol. The van der Waals surface area contributed by atoms with Gasteiger partial charge in [0, 0.05) is 4.47 Å². The molecule has 0 saturated carbocycles. The zero-order valence-electron chi connectivity index (χ0n) is 11.6. The molecule has 0 aromatic heterocycles. The van der Waals surface area contributed by atoms with Crippen molar-refractivity contribution in [2.45, 2.75) is 12.8 Å². The molecule has 1 aliphatic rings. The number of likely N-dealkylation sites (tertiary alicyclic amines) is 1. The maximum Gasteiger partial charge on any atom is 0.238 e. The molecule has 2 rings (SSSR count). The smallest absolute Gasteiger partial charge is 0.238 e.